The second-order valence-corrected chi connectivity index (χ2v) is 6.88. The van der Waals surface area contributed by atoms with Crippen LogP contribution < -0.4 is 14.8 Å². The quantitative estimate of drug-likeness (QED) is 0.531. The number of benzene rings is 2. The first-order valence-corrected chi connectivity index (χ1v) is 9.05. The molecule has 1 aliphatic carbocycles. The lowest BCUT2D eigenvalue weighted by Gasteiger charge is -2.13. The van der Waals surface area contributed by atoms with Gasteiger partial charge in [0.05, 0.1) is 32.6 Å². The van der Waals surface area contributed by atoms with Gasteiger partial charge in [0.2, 0.25) is 0 Å². The van der Waals surface area contributed by atoms with Crippen LogP contribution in [0.3, 0.4) is 0 Å². The van der Waals surface area contributed by atoms with E-state index < -0.39 is 6.10 Å². The molecule has 1 aliphatic rings. The van der Waals surface area contributed by atoms with Gasteiger partial charge in [0.1, 0.15) is 5.82 Å². The number of ether oxygens (including phenoxy) is 2. The largest absolute Gasteiger partial charge is 0.493 e. The van der Waals surface area contributed by atoms with Crippen molar-refractivity contribution in [1.82, 2.24) is 9.78 Å². The highest BCUT2D eigenvalue weighted by atomic mass is 19.1. The molecule has 0 bridgehead atoms. The number of anilines is 2. The third kappa shape index (κ3) is 3.18. The molecule has 7 heteroatoms. The van der Waals surface area contributed by atoms with Crippen molar-refractivity contribution in [3.63, 3.8) is 0 Å². The van der Waals surface area contributed by atoms with Crippen molar-refractivity contribution in [2.75, 3.05) is 19.5 Å². The average Bonchev–Trinajstić information content (AvgIpc) is 3.18. The topological polar surface area (TPSA) is 68.5 Å². The number of hydrogen-bond donors (Lipinski definition) is 2. The summed E-state index contributed by atoms with van der Waals surface area (Å²) in [5.41, 5.74) is 4.63. The van der Waals surface area contributed by atoms with E-state index in [1.54, 1.807) is 38.0 Å². The normalized spacial score (nSPS) is 13.0. The van der Waals surface area contributed by atoms with Crippen LogP contribution in [-0.2, 0) is 13.0 Å². The zero-order chi connectivity index (χ0) is 19.8. The molecule has 6 nitrogen and oxygen atoms in total. The van der Waals surface area contributed by atoms with Crippen molar-refractivity contribution in [3.05, 3.63) is 53.3 Å². The van der Waals surface area contributed by atoms with Crippen molar-refractivity contribution in [2.45, 2.75) is 26.0 Å². The minimum Gasteiger partial charge on any atom is -0.493 e. The predicted molar refractivity (Wildman–Crippen MR) is 105 cm³/mol. The lowest BCUT2D eigenvalue weighted by molar-refractivity contribution is 0.169. The molecule has 4 rings (SSSR count). The molecular weight excluding hydrogens is 361 g/mol. The van der Waals surface area contributed by atoms with Gasteiger partial charge in [-0.25, -0.2) is 4.39 Å². The van der Waals surface area contributed by atoms with Crippen LogP contribution >= 0.6 is 0 Å². The Labute approximate surface area is 162 Å². The Morgan fingerprint density at radius 1 is 1.21 bits per heavy atom. The Balaban J connectivity index is 1.81. The number of methoxy groups -OCH3 is 2. The Morgan fingerprint density at radius 3 is 2.64 bits per heavy atom. The van der Waals surface area contributed by atoms with Crippen molar-refractivity contribution in [3.8, 4) is 22.8 Å². The molecule has 0 radical (unpaired) electrons. The van der Waals surface area contributed by atoms with Gasteiger partial charge in [-0.05, 0) is 42.8 Å². The van der Waals surface area contributed by atoms with E-state index in [1.807, 2.05) is 12.1 Å². The number of halogens is 1. The van der Waals surface area contributed by atoms with Crippen molar-refractivity contribution >= 4 is 11.5 Å². The number of nitrogens with zero attached hydrogens (tertiary/aromatic N) is 2. The van der Waals surface area contributed by atoms with Crippen LogP contribution in [0, 0.1) is 5.82 Å². The number of nitrogens with one attached hydrogen (secondary N) is 1. The summed E-state index contributed by atoms with van der Waals surface area (Å²) < 4.78 is 26.2. The standard InChI is InChI=1S/C21H22FN3O3/c1-12(26)11-25-20-16-10-19(28-3)18(27-2)8-13(16)7-17(20)21(24-25)23-15-6-4-5-14(22)9-15/h4-6,8-10,12,26H,7,11H2,1-3H3,(H,23,24). The van der Waals surface area contributed by atoms with E-state index >= 15 is 0 Å². The molecule has 1 unspecified atom stereocenters. The lowest BCUT2D eigenvalue weighted by atomic mass is 10.1. The van der Waals surface area contributed by atoms with Gasteiger partial charge in [0, 0.05) is 23.2 Å². The zero-order valence-corrected chi connectivity index (χ0v) is 16.0. The number of fused-ring (bicyclic) bond motifs is 3. The van der Waals surface area contributed by atoms with Gasteiger partial charge in [0.25, 0.3) is 0 Å². The molecule has 2 aromatic carbocycles. The van der Waals surface area contributed by atoms with Crippen LogP contribution in [0.4, 0.5) is 15.9 Å². The molecule has 1 heterocycles. The van der Waals surface area contributed by atoms with Gasteiger partial charge in [-0.1, -0.05) is 6.07 Å². The van der Waals surface area contributed by atoms with Gasteiger partial charge in [-0.3, -0.25) is 4.68 Å². The van der Waals surface area contributed by atoms with Gasteiger partial charge >= 0.3 is 0 Å². The monoisotopic (exact) mass is 383 g/mol. The molecule has 3 aromatic rings. The summed E-state index contributed by atoms with van der Waals surface area (Å²) in [6, 6.07) is 10.2. The molecule has 0 spiro atoms. The Kier molecular flexibility index (Phi) is 4.68. The first-order chi connectivity index (χ1) is 13.5. The molecule has 0 fully saturated rings. The molecule has 0 aliphatic heterocycles. The molecule has 1 aromatic heterocycles. The summed E-state index contributed by atoms with van der Waals surface area (Å²) in [5, 5.41) is 17.8. The fraction of sp³-hybridized carbons (Fsp3) is 0.286. The Morgan fingerprint density at radius 2 is 1.96 bits per heavy atom. The zero-order valence-electron chi connectivity index (χ0n) is 16.0. The minimum atomic E-state index is -0.560. The highest BCUT2D eigenvalue weighted by molar-refractivity contribution is 5.82. The number of aliphatic hydroxyl groups excluding tert-OH is 1. The second kappa shape index (κ2) is 7.16. The molecule has 0 saturated heterocycles. The molecule has 146 valence electrons. The van der Waals surface area contributed by atoms with Crippen molar-refractivity contribution < 1.29 is 19.0 Å². The highest BCUT2D eigenvalue weighted by Crippen LogP contribution is 2.45. The average molecular weight is 383 g/mol. The fourth-order valence-corrected chi connectivity index (χ4v) is 3.63. The Bertz CT molecular complexity index is 1030. The molecule has 0 amide bonds. The number of rotatable bonds is 6. The first-order valence-electron chi connectivity index (χ1n) is 9.05. The summed E-state index contributed by atoms with van der Waals surface area (Å²) in [6.45, 7) is 2.07. The van der Waals surface area contributed by atoms with E-state index in [0.717, 1.165) is 22.4 Å². The first kappa shape index (κ1) is 18.3. The smallest absolute Gasteiger partial charge is 0.161 e. The fourth-order valence-electron chi connectivity index (χ4n) is 3.63. The molecule has 2 N–H and O–H groups in total. The van der Waals surface area contributed by atoms with E-state index in [9.17, 15) is 9.50 Å². The number of hydrogen-bond acceptors (Lipinski definition) is 5. The molecular formula is C21H22FN3O3. The summed E-state index contributed by atoms with van der Waals surface area (Å²) in [7, 11) is 3.21. The lowest BCUT2D eigenvalue weighted by Crippen LogP contribution is -2.14. The van der Waals surface area contributed by atoms with Gasteiger partial charge < -0.3 is 19.9 Å². The van der Waals surface area contributed by atoms with Gasteiger partial charge in [-0.2, -0.15) is 5.10 Å². The molecule has 28 heavy (non-hydrogen) atoms. The van der Waals surface area contributed by atoms with E-state index in [1.165, 1.54) is 12.1 Å². The van der Waals surface area contributed by atoms with Gasteiger partial charge in [-0.15, -0.1) is 0 Å². The van der Waals surface area contributed by atoms with Crippen LogP contribution in [0.2, 0.25) is 0 Å². The summed E-state index contributed by atoms with van der Waals surface area (Å²) in [6.07, 6.45) is 0.0953. The maximum absolute atomic E-state index is 13.6. The Hall–Kier alpha value is -3.06. The van der Waals surface area contributed by atoms with Crippen LogP contribution in [0.15, 0.2) is 36.4 Å². The van der Waals surface area contributed by atoms with Crippen LogP contribution in [0.5, 0.6) is 11.5 Å². The highest BCUT2D eigenvalue weighted by Gasteiger charge is 2.30. The van der Waals surface area contributed by atoms with E-state index in [-0.39, 0.29) is 5.82 Å². The third-order valence-electron chi connectivity index (χ3n) is 4.81. The van der Waals surface area contributed by atoms with Gasteiger partial charge in [0.15, 0.2) is 17.3 Å². The van der Waals surface area contributed by atoms with Crippen molar-refractivity contribution in [1.29, 1.82) is 0 Å². The maximum Gasteiger partial charge on any atom is 0.161 e. The maximum atomic E-state index is 13.6. The predicted octanol–water partition coefficient (Wildman–Crippen LogP) is 3.74. The van der Waals surface area contributed by atoms with Crippen molar-refractivity contribution in [2.24, 2.45) is 0 Å². The van der Waals surface area contributed by atoms with Crippen LogP contribution in [-0.4, -0.2) is 35.2 Å². The van der Waals surface area contributed by atoms with Crippen LogP contribution in [0.25, 0.3) is 11.3 Å². The summed E-state index contributed by atoms with van der Waals surface area (Å²) in [5.74, 6) is 1.64. The SMILES string of the molecule is COc1cc2c(cc1OC)-c1c(c(Nc3cccc(F)c3)nn1CC(C)O)C2. The number of aromatic nitrogens is 2. The van der Waals surface area contributed by atoms with E-state index in [0.29, 0.717) is 36.0 Å². The summed E-state index contributed by atoms with van der Waals surface area (Å²) >= 11 is 0. The molecule has 0 saturated carbocycles. The van der Waals surface area contributed by atoms with E-state index in [2.05, 4.69) is 10.4 Å². The number of aliphatic hydroxyl groups is 1. The van der Waals surface area contributed by atoms with E-state index in [4.69, 9.17) is 9.47 Å². The second-order valence-electron chi connectivity index (χ2n) is 6.88. The minimum absolute atomic E-state index is 0.317. The molecule has 1 atom stereocenters. The summed E-state index contributed by atoms with van der Waals surface area (Å²) in [4.78, 5) is 0. The third-order valence-corrected chi connectivity index (χ3v) is 4.81. The van der Waals surface area contributed by atoms with Crippen LogP contribution in [0.1, 0.15) is 18.1 Å².